The van der Waals surface area contributed by atoms with E-state index in [4.69, 9.17) is 10.8 Å². The average Bonchev–Trinajstić information content (AvgIpc) is 2.51. The largest absolute Gasteiger partial charge is 0.480 e. The number of carboxylic acid groups (broad SMARTS) is 1. The van der Waals surface area contributed by atoms with Crippen LogP contribution in [0.5, 0.6) is 0 Å². The quantitative estimate of drug-likeness (QED) is 0.874. The van der Waals surface area contributed by atoms with E-state index in [0.717, 1.165) is 10.2 Å². The van der Waals surface area contributed by atoms with Crippen molar-refractivity contribution >= 4 is 45.0 Å². The molecule has 6 heteroatoms. The van der Waals surface area contributed by atoms with Gasteiger partial charge in [0.2, 0.25) is 0 Å². The third-order valence-electron chi connectivity index (χ3n) is 1.54. The molecule has 0 saturated heterocycles. The van der Waals surface area contributed by atoms with Crippen LogP contribution in [0.2, 0.25) is 0 Å². The Labute approximate surface area is 98.8 Å². The van der Waals surface area contributed by atoms with Gasteiger partial charge in [-0.25, -0.2) is 0 Å². The summed E-state index contributed by atoms with van der Waals surface area (Å²) in [5, 5.41) is 10.5. The summed E-state index contributed by atoms with van der Waals surface area (Å²) in [6.07, 6.45) is 0. The van der Waals surface area contributed by atoms with Crippen molar-refractivity contribution in [1.82, 2.24) is 0 Å². The minimum Gasteiger partial charge on any atom is -0.480 e. The molecule has 1 aromatic heterocycles. The molecule has 1 unspecified atom stereocenters. The van der Waals surface area contributed by atoms with Gasteiger partial charge in [0.25, 0.3) is 0 Å². The van der Waals surface area contributed by atoms with Crippen LogP contribution in [-0.4, -0.2) is 22.9 Å². The highest BCUT2D eigenvalue weighted by molar-refractivity contribution is 9.10. The van der Waals surface area contributed by atoms with Crippen LogP contribution < -0.4 is 5.73 Å². The highest BCUT2D eigenvalue weighted by Crippen LogP contribution is 2.26. The first-order chi connectivity index (χ1) is 6.61. The standard InChI is InChI=1S/C8H10BrNO2S2/c9-5-1-2-14-7(5)4-13-3-6(10)8(11)12/h1-2,6H,3-4,10H2,(H,11,12). The van der Waals surface area contributed by atoms with Crippen molar-refractivity contribution in [1.29, 1.82) is 0 Å². The number of thioether (sulfide) groups is 1. The summed E-state index contributed by atoms with van der Waals surface area (Å²) in [7, 11) is 0. The summed E-state index contributed by atoms with van der Waals surface area (Å²) in [6, 6.07) is 1.22. The fourth-order valence-corrected chi connectivity index (χ4v) is 3.62. The molecule has 0 amide bonds. The molecule has 1 heterocycles. The summed E-state index contributed by atoms with van der Waals surface area (Å²) in [6.45, 7) is 0. The number of thiophene rings is 1. The summed E-state index contributed by atoms with van der Waals surface area (Å²) >= 11 is 6.60. The van der Waals surface area contributed by atoms with Gasteiger partial charge >= 0.3 is 5.97 Å². The third kappa shape index (κ3) is 3.61. The molecule has 78 valence electrons. The first-order valence-corrected chi connectivity index (χ1v) is 6.72. The molecular weight excluding hydrogens is 286 g/mol. The molecular formula is C8H10BrNO2S2. The lowest BCUT2D eigenvalue weighted by Gasteiger charge is -2.04. The van der Waals surface area contributed by atoms with E-state index in [2.05, 4.69) is 15.9 Å². The number of halogens is 1. The Morgan fingerprint density at radius 3 is 3.00 bits per heavy atom. The minimum atomic E-state index is -0.942. The van der Waals surface area contributed by atoms with Gasteiger partial charge in [-0.1, -0.05) is 0 Å². The molecule has 0 spiro atoms. The first-order valence-electron chi connectivity index (χ1n) is 3.89. The Bertz CT molecular complexity index is 316. The van der Waals surface area contributed by atoms with Gasteiger partial charge in [0.05, 0.1) is 0 Å². The zero-order chi connectivity index (χ0) is 10.6. The molecule has 0 aliphatic heterocycles. The second-order valence-electron chi connectivity index (χ2n) is 2.65. The number of hydrogen-bond acceptors (Lipinski definition) is 4. The predicted octanol–water partition coefficient (Wildman–Crippen LogP) is 2.16. The van der Waals surface area contributed by atoms with Crippen LogP contribution in [0, 0.1) is 0 Å². The van der Waals surface area contributed by atoms with E-state index < -0.39 is 12.0 Å². The van der Waals surface area contributed by atoms with E-state index in [0.29, 0.717) is 5.75 Å². The Morgan fingerprint density at radius 1 is 1.79 bits per heavy atom. The Morgan fingerprint density at radius 2 is 2.50 bits per heavy atom. The van der Waals surface area contributed by atoms with Gasteiger partial charge in [-0.05, 0) is 27.4 Å². The minimum absolute atomic E-state index is 0.444. The van der Waals surface area contributed by atoms with Crippen molar-refractivity contribution in [3.05, 3.63) is 20.8 Å². The van der Waals surface area contributed by atoms with E-state index in [1.54, 1.807) is 11.3 Å². The van der Waals surface area contributed by atoms with Crippen molar-refractivity contribution < 1.29 is 9.90 Å². The molecule has 1 atom stereocenters. The van der Waals surface area contributed by atoms with Gasteiger partial charge in [-0.2, -0.15) is 11.8 Å². The lowest BCUT2D eigenvalue weighted by Crippen LogP contribution is -2.32. The second kappa shape index (κ2) is 5.75. The average molecular weight is 296 g/mol. The molecule has 0 radical (unpaired) electrons. The van der Waals surface area contributed by atoms with Gasteiger partial charge in [-0.3, -0.25) is 4.79 Å². The van der Waals surface area contributed by atoms with Crippen LogP contribution in [-0.2, 0) is 10.5 Å². The molecule has 1 aromatic rings. The second-order valence-corrected chi connectivity index (χ2v) is 5.54. The number of aliphatic carboxylic acids is 1. The van der Waals surface area contributed by atoms with Crippen LogP contribution in [0.25, 0.3) is 0 Å². The van der Waals surface area contributed by atoms with E-state index in [1.807, 2.05) is 11.4 Å². The van der Waals surface area contributed by atoms with Gasteiger partial charge < -0.3 is 10.8 Å². The summed E-state index contributed by atoms with van der Waals surface area (Å²) < 4.78 is 1.08. The topological polar surface area (TPSA) is 63.3 Å². The normalized spacial score (nSPS) is 12.7. The maximum absolute atomic E-state index is 10.4. The zero-order valence-electron chi connectivity index (χ0n) is 7.27. The van der Waals surface area contributed by atoms with Crippen LogP contribution in [0.4, 0.5) is 0 Å². The number of carbonyl (C=O) groups is 1. The highest BCUT2D eigenvalue weighted by atomic mass is 79.9. The maximum atomic E-state index is 10.4. The van der Waals surface area contributed by atoms with Gasteiger partial charge in [0, 0.05) is 20.9 Å². The van der Waals surface area contributed by atoms with Gasteiger partial charge in [0.1, 0.15) is 6.04 Å². The van der Waals surface area contributed by atoms with Gasteiger partial charge in [0.15, 0.2) is 0 Å². The molecule has 1 rings (SSSR count). The van der Waals surface area contributed by atoms with E-state index >= 15 is 0 Å². The van der Waals surface area contributed by atoms with Crippen molar-refractivity contribution in [2.75, 3.05) is 5.75 Å². The molecule has 0 aliphatic carbocycles. The smallest absolute Gasteiger partial charge is 0.321 e. The molecule has 0 bridgehead atoms. The van der Waals surface area contributed by atoms with E-state index in [9.17, 15) is 4.79 Å². The summed E-state index contributed by atoms with van der Waals surface area (Å²) in [5.74, 6) is 0.307. The zero-order valence-corrected chi connectivity index (χ0v) is 10.5. The van der Waals surface area contributed by atoms with Crippen LogP contribution >= 0.6 is 39.0 Å². The summed E-state index contributed by atoms with van der Waals surface area (Å²) in [4.78, 5) is 11.6. The van der Waals surface area contributed by atoms with Gasteiger partial charge in [-0.15, -0.1) is 11.3 Å². The predicted molar refractivity (Wildman–Crippen MR) is 63.8 cm³/mol. The lowest BCUT2D eigenvalue weighted by molar-refractivity contribution is -0.137. The SMILES string of the molecule is NC(CSCc1sccc1Br)C(=O)O. The first kappa shape index (κ1) is 12.0. The fraction of sp³-hybridized carbons (Fsp3) is 0.375. The van der Waals surface area contributed by atoms with Crippen LogP contribution in [0.15, 0.2) is 15.9 Å². The molecule has 0 saturated carbocycles. The van der Waals surface area contributed by atoms with Crippen molar-refractivity contribution in [2.45, 2.75) is 11.8 Å². The summed E-state index contributed by atoms with van der Waals surface area (Å²) in [5.41, 5.74) is 5.37. The number of carboxylic acids is 1. The molecule has 0 aliphatic rings. The van der Waals surface area contributed by atoms with E-state index in [1.165, 1.54) is 16.6 Å². The molecule has 0 fully saturated rings. The maximum Gasteiger partial charge on any atom is 0.321 e. The number of nitrogens with two attached hydrogens (primary N) is 1. The van der Waals surface area contributed by atoms with Crippen molar-refractivity contribution in [3.63, 3.8) is 0 Å². The van der Waals surface area contributed by atoms with Crippen molar-refractivity contribution in [2.24, 2.45) is 5.73 Å². The van der Waals surface area contributed by atoms with Crippen molar-refractivity contribution in [3.8, 4) is 0 Å². The number of hydrogen-bond donors (Lipinski definition) is 2. The molecule has 3 nitrogen and oxygen atoms in total. The molecule has 14 heavy (non-hydrogen) atoms. The monoisotopic (exact) mass is 295 g/mol. The van der Waals surface area contributed by atoms with Crippen LogP contribution in [0.1, 0.15) is 4.88 Å². The Kier molecular flexibility index (Phi) is 4.94. The number of rotatable bonds is 5. The molecule has 0 aromatic carbocycles. The third-order valence-corrected chi connectivity index (χ3v) is 4.74. The highest BCUT2D eigenvalue weighted by Gasteiger charge is 2.11. The lowest BCUT2D eigenvalue weighted by atomic mass is 10.4. The van der Waals surface area contributed by atoms with E-state index in [-0.39, 0.29) is 0 Å². The Balaban J connectivity index is 2.29. The fourth-order valence-electron chi connectivity index (χ4n) is 0.778. The Hall–Kier alpha value is -0.0400. The van der Waals surface area contributed by atoms with Crippen LogP contribution in [0.3, 0.4) is 0 Å². The molecule has 3 N–H and O–H groups in total.